The number of carbonyl (C=O) groups excluding carboxylic acids is 1. The number of fused-ring (bicyclic) bond motifs is 1. The molecule has 1 fully saturated rings. The molecule has 1 amide bonds. The van der Waals surface area contributed by atoms with Crippen LogP contribution < -0.4 is 15.4 Å². The molecule has 18 heavy (non-hydrogen) atoms. The van der Waals surface area contributed by atoms with E-state index in [1.807, 2.05) is 24.3 Å². The minimum absolute atomic E-state index is 0.0103. The van der Waals surface area contributed by atoms with Gasteiger partial charge in [0.2, 0.25) is 0 Å². The Morgan fingerprint density at radius 1 is 1.39 bits per heavy atom. The van der Waals surface area contributed by atoms with Gasteiger partial charge in [-0.25, -0.2) is 0 Å². The molecular weight excluding hydrogens is 228 g/mol. The Hall–Kier alpha value is -1.71. The first kappa shape index (κ1) is 11.4. The SMILES string of the molecule is O=C(NCC1CCC1)C1CNc2ccccc2O1. The smallest absolute Gasteiger partial charge is 0.262 e. The number of hydrogen-bond acceptors (Lipinski definition) is 3. The number of para-hydroxylation sites is 2. The fourth-order valence-electron chi connectivity index (χ4n) is 2.31. The average Bonchev–Trinajstić information content (AvgIpc) is 2.36. The van der Waals surface area contributed by atoms with E-state index in [4.69, 9.17) is 4.74 Å². The van der Waals surface area contributed by atoms with Gasteiger partial charge in [0.05, 0.1) is 12.2 Å². The number of carbonyl (C=O) groups is 1. The lowest BCUT2D eigenvalue weighted by atomic mass is 9.85. The highest BCUT2D eigenvalue weighted by Gasteiger charge is 2.26. The van der Waals surface area contributed by atoms with Gasteiger partial charge in [0.25, 0.3) is 5.91 Å². The Labute approximate surface area is 107 Å². The molecule has 0 spiro atoms. The monoisotopic (exact) mass is 246 g/mol. The van der Waals surface area contributed by atoms with E-state index >= 15 is 0 Å². The lowest BCUT2D eigenvalue weighted by molar-refractivity contribution is -0.127. The van der Waals surface area contributed by atoms with E-state index in [9.17, 15) is 4.79 Å². The summed E-state index contributed by atoms with van der Waals surface area (Å²) in [6, 6.07) is 7.70. The molecule has 2 N–H and O–H groups in total. The number of benzene rings is 1. The lowest BCUT2D eigenvalue weighted by Gasteiger charge is -2.29. The van der Waals surface area contributed by atoms with Crippen LogP contribution in [0, 0.1) is 5.92 Å². The van der Waals surface area contributed by atoms with Crippen LogP contribution in [0.3, 0.4) is 0 Å². The molecule has 0 radical (unpaired) electrons. The molecule has 1 aliphatic heterocycles. The largest absolute Gasteiger partial charge is 0.477 e. The molecule has 2 aliphatic rings. The summed E-state index contributed by atoms with van der Waals surface area (Å²) in [7, 11) is 0. The maximum absolute atomic E-state index is 12.0. The van der Waals surface area contributed by atoms with Crippen LogP contribution in [0.1, 0.15) is 19.3 Å². The Morgan fingerprint density at radius 3 is 3.00 bits per heavy atom. The van der Waals surface area contributed by atoms with Crippen molar-refractivity contribution in [2.75, 3.05) is 18.4 Å². The standard InChI is InChI=1S/C14H18N2O2/c17-14(16-8-10-4-3-5-10)13-9-15-11-6-1-2-7-12(11)18-13/h1-2,6-7,10,13,15H,3-5,8-9H2,(H,16,17). The van der Waals surface area contributed by atoms with E-state index < -0.39 is 6.10 Å². The van der Waals surface area contributed by atoms with Crippen LogP contribution in [-0.4, -0.2) is 25.1 Å². The molecule has 1 aromatic rings. The van der Waals surface area contributed by atoms with Gasteiger partial charge in [0.15, 0.2) is 6.10 Å². The number of anilines is 1. The molecule has 1 aliphatic carbocycles. The van der Waals surface area contributed by atoms with Crippen molar-refractivity contribution in [1.82, 2.24) is 5.32 Å². The zero-order valence-corrected chi connectivity index (χ0v) is 10.3. The molecule has 3 rings (SSSR count). The van der Waals surface area contributed by atoms with Gasteiger partial charge >= 0.3 is 0 Å². The Kier molecular flexibility index (Phi) is 3.09. The van der Waals surface area contributed by atoms with E-state index in [0.717, 1.165) is 18.0 Å². The van der Waals surface area contributed by atoms with Crippen LogP contribution in [0.15, 0.2) is 24.3 Å². The van der Waals surface area contributed by atoms with Gasteiger partial charge < -0.3 is 15.4 Å². The summed E-state index contributed by atoms with van der Waals surface area (Å²) < 4.78 is 5.70. The highest BCUT2D eigenvalue weighted by atomic mass is 16.5. The second kappa shape index (κ2) is 4.88. The van der Waals surface area contributed by atoms with Crippen LogP contribution in [0.4, 0.5) is 5.69 Å². The first-order valence-electron chi connectivity index (χ1n) is 6.60. The third-order valence-electron chi connectivity index (χ3n) is 3.72. The molecule has 4 nitrogen and oxygen atoms in total. The molecule has 0 saturated heterocycles. The summed E-state index contributed by atoms with van der Waals surface area (Å²) in [5.74, 6) is 1.43. The Bertz CT molecular complexity index is 443. The molecular formula is C14H18N2O2. The summed E-state index contributed by atoms with van der Waals surface area (Å²) in [5, 5.41) is 6.20. The number of nitrogens with one attached hydrogen (secondary N) is 2. The van der Waals surface area contributed by atoms with E-state index in [1.165, 1.54) is 19.3 Å². The number of amides is 1. The molecule has 4 heteroatoms. The van der Waals surface area contributed by atoms with E-state index in [0.29, 0.717) is 12.5 Å². The van der Waals surface area contributed by atoms with Crippen LogP contribution in [0.2, 0.25) is 0 Å². The van der Waals surface area contributed by atoms with Crippen molar-refractivity contribution >= 4 is 11.6 Å². The fraction of sp³-hybridized carbons (Fsp3) is 0.500. The van der Waals surface area contributed by atoms with Gasteiger partial charge in [-0.1, -0.05) is 18.6 Å². The predicted molar refractivity (Wildman–Crippen MR) is 69.7 cm³/mol. The summed E-state index contributed by atoms with van der Waals surface area (Å²) in [5.41, 5.74) is 0.959. The average molecular weight is 246 g/mol. The summed E-state index contributed by atoms with van der Waals surface area (Å²) in [6.45, 7) is 1.33. The maximum Gasteiger partial charge on any atom is 0.262 e. The Morgan fingerprint density at radius 2 is 2.22 bits per heavy atom. The first-order valence-corrected chi connectivity index (χ1v) is 6.60. The van der Waals surface area contributed by atoms with Crippen molar-refractivity contribution in [1.29, 1.82) is 0 Å². The number of hydrogen-bond donors (Lipinski definition) is 2. The van der Waals surface area contributed by atoms with Gasteiger partial charge in [0, 0.05) is 6.54 Å². The van der Waals surface area contributed by atoms with E-state index in [2.05, 4.69) is 10.6 Å². The molecule has 1 aromatic carbocycles. The summed E-state index contributed by atoms with van der Waals surface area (Å²) in [4.78, 5) is 12.0. The zero-order chi connectivity index (χ0) is 12.4. The van der Waals surface area contributed by atoms with Gasteiger partial charge in [0.1, 0.15) is 5.75 Å². The maximum atomic E-state index is 12.0. The minimum atomic E-state index is -0.417. The van der Waals surface area contributed by atoms with E-state index in [1.54, 1.807) is 0 Å². The van der Waals surface area contributed by atoms with Crippen molar-refractivity contribution in [3.63, 3.8) is 0 Å². The molecule has 1 heterocycles. The molecule has 1 saturated carbocycles. The van der Waals surface area contributed by atoms with Crippen molar-refractivity contribution in [2.24, 2.45) is 5.92 Å². The number of ether oxygens (including phenoxy) is 1. The third kappa shape index (κ3) is 2.28. The van der Waals surface area contributed by atoms with Crippen molar-refractivity contribution < 1.29 is 9.53 Å². The van der Waals surface area contributed by atoms with Crippen LogP contribution >= 0.6 is 0 Å². The zero-order valence-electron chi connectivity index (χ0n) is 10.3. The highest BCUT2D eigenvalue weighted by molar-refractivity contribution is 5.83. The van der Waals surface area contributed by atoms with Gasteiger partial charge in [-0.3, -0.25) is 4.79 Å². The van der Waals surface area contributed by atoms with Gasteiger partial charge in [-0.15, -0.1) is 0 Å². The molecule has 96 valence electrons. The molecule has 0 aromatic heterocycles. The van der Waals surface area contributed by atoms with Crippen LogP contribution in [0.25, 0.3) is 0 Å². The van der Waals surface area contributed by atoms with E-state index in [-0.39, 0.29) is 5.91 Å². The summed E-state index contributed by atoms with van der Waals surface area (Å²) >= 11 is 0. The lowest BCUT2D eigenvalue weighted by Crippen LogP contribution is -2.46. The molecule has 1 unspecified atom stereocenters. The Balaban J connectivity index is 1.56. The number of rotatable bonds is 3. The quantitative estimate of drug-likeness (QED) is 0.854. The van der Waals surface area contributed by atoms with Crippen molar-refractivity contribution in [3.8, 4) is 5.75 Å². The topological polar surface area (TPSA) is 50.4 Å². The molecule has 0 bridgehead atoms. The second-order valence-electron chi connectivity index (χ2n) is 5.03. The first-order chi connectivity index (χ1) is 8.83. The van der Waals surface area contributed by atoms with Crippen molar-refractivity contribution in [3.05, 3.63) is 24.3 Å². The molecule has 1 atom stereocenters. The third-order valence-corrected chi connectivity index (χ3v) is 3.72. The van der Waals surface area contributed by atoms with Crippen molar-refractivity contribution in [2.45, 2.75) is 25.4 Å². The van der Waals surface area contributed by atoms with Crippen LogP contribution in [0.5, 0.6) is 5.75 Å². The fourth-order valence-corrected chi connectivity index (χ4v) is 2.31. The van der Waals surface area contributed by atoms with Gasteiger partial charge in [-0.2, -0.15) is 0 Å². The predicted octanol–water partition coefficient (Wildman–Crippen LogP) is 1.78. The highest BCUT2D eigenvalue weighted by Crippen LogP contribution is 2.28. The minimum Gasteiger partial charge on any atom is -0.477 e. The second-order valence-corrected chi connectivity index (χ2v) is 5.03. The van der Waals surface area contributed by atoms with Crippen LogP contribution in [-0.2, 0) is 4.79 Å². The van der Waals surface area contributed by atoms with Gasteiger partial charge in [-0.05, 0) is 30.9 Å². The normalized spacial score (nSPS) is 22.1. The summed E-state index contributed by atoms with van der Waals surface area (Å²) in [6.07, 6.45) is 3.37.